The van der Waals surface area contributed by atoms with Crippen LogP contribution in [0.3, 0.4) is 0 Å². The first-order valence-corrected chi connectivity index (χ1v) is 8.80. The van der Waals surface area contributed by atoms with E-state index in [1.165, 1.54) is 5.56 Å². The molecule has 3 rings (SSSR count). The van der Waals surface area contributed by atoms with E-state index < -0.39 is 0 Å². The van der Waals surface area contributed by atoms with E-state index in [1.807, 2.05) is 42.5 Å². The quantitative estimate of drug-likeness (QED) is 0.839. The molecule has 2 aromatic carbocycles. The van der Waals surface area contributed by atoms with E-state index in [4.69, 9.17) is 10.5 Å². The van der Waals surface area contributed by atoms with Crippen LogP contribution in [0.1, 0.15) is 17.5 Å². The average Bonchev–Trinajstić information content (AvgIpc) is 2.69. The van der Waals surface area contributed by atoms with Crippen molar-refractivity contribution in [3.05, 3.63) is 77.0 Å². The summed E-state index contributed by atoms with van der Waals surface area (Å²) < 4.78 is 5.19. The van der Waals surface area contributed by atoms with E-state index in [0.717, 1.165) is 24.4 Å². The summed E-state index contributed by atoms with van der Waals surface area (Å²) in [5.41, 5.74) is 9.76. The van der Waals surface area contributed by atoms with Crippen molar-refractivity contribution in [2.24, 2.45) is 5.73 Å². The first-order valence-electron chi connectivity index (χ1n) is 8.80. The van der Waals surface area contributed by atoms with Gasteiger partial charge in [0, 0.05) is 43.9 Å². The van der Waals surface area contributed by atoms with Gasteiger partial charge in [-0.3, -0.25) is 9.69 Å². The number of hydrogen-bond acceptors (Lipinski definition) is 4. The molecule has 0 fully saturated rings. The van der Waals surface area contributed by atoms with Gasteiger partial charge in [-0.15, -0.1) is 0 Å². The maximum Gasteiger partial charge on any atom is 0.250 e. The number of benzene rings is 2. The molecule has 0 spiro atoms. The maximum absolute atomic E-state index is 12.6. The van der Waals surface area contributed by atoms with Crippen LogP contribution < -0.4 is 15.8 Å². The Labute approximate surface area is 154 Å². The van der Waals surface area contributed by atoms with Crippen molar-refractivity contribution in [2.45, 2.75) is 19.5 Å². The molecule has 26 heavy (non-hydrogen) atoms. The third kappa shape index (κ3) is 4.64. The molecule has 0 bridgehead atoms. The lowest BCUT2D eigenvalue weighted by molar-refractivity contribution is -0.118. The van der Waals surface area contributed by atoms with Gasteiger partial charge in [0.2, 0.25) is 0 Å². The second-order valence-electron chi connectivity index (χ2n) is 6.48. The fourth-order valence-corrected chi connectivity index (χ4v) is 3.06. The van der Waals surface area contributed by atoms with Crippen LogP contribution in [0.25, 0.3) is 0 Å². The minimum absolute atomic E-state index is 0.0780. The van der Waals surface area contributed by atoms with E-state index in [-0.39, 0.29) is 5.91 Å². The van der Waals surface area contributed by atoms with Crippen molar-refractivity contribution >= 4 is 5.91 Å². The van der Waals surface area contributed by atoms with Gasteiger partial charge in [-0.1, -0.05) is 42.5 Å². The molecule has 0 aliphatic carbocycles. The fraction of sp³-hybridized carbons (Fsp3) is 0.286. The topological polar surface area (TPSA) is 67.6 Å². The van der Waals surface area contributed by atoms with Gasteiger partial charge < -0.3 is 15.8 Å². The number of carbonyl (C=O) groups excluding carboxylic acids is 1. The molecule has 2 aromatic rings. The van der Waals surface area contributed by atoms with E-state index in [1.54, 1.807) is 7.11 Å². The van der Waals surface area contributed by atoms with Gasteiger partial charge in [0.1, 0.15) is 5.75 Å². The maximum atomic E-state index is 12.6. The van der Waals surface area contributed by atoms with Crippen LogP contribution in [0.4, 0.5) is 0 Å². The monoisotopic (exact) mass is 351 g/mol. The average molecular weight is 351 g/mol. The number of carbonyl (C=O) groups is 1. The number of nitrogens with two attached hydrogens (primary N) is 1. The number of hydrogen-bond donors (Lipinski definition) is 2. The van der Waals surface area contributed by atoms with Crippen LogP contribution in [0.2, 0.25) is 0 Å². The highest BCUT2D eigenvalue weighted by molar-refractivity contribution is 5.94. The number of nitrogens with one attached hydrogen (secondary N) is 1. The Morgan fingerprint density at radius 3 is 2.54 bits per heavy atom. The molecule has 0 unspecified atom stereocenters. The summed E-state index contributed by atoms with van der Waals surface area (Å²) in [7, 11) is 1.66. The Kier molecular flexibility index (Phi) is 5.92. The molecule has 136 valence electrons. The zero-order valence-electron chi connectivity index (χ0n) is 15.1. The molecule has 5 heteroatoms. The molecule has 3 N–H and O–H groups in total. The molecule has 0 radical (unpaired) electrons. The Morgan fingerprint density at radius 1 is 1.12 bits per heavy atom. The van der Waals surface area contributed by atoms with Crippen molar-refractivity contribution in [3.63, 3.8) is 0 Å². The highest BCUT2D eigenvalue weighted by Crippen LogP contribution is 2.18. The fourth-order valence-electron chi connectivity index (χ4n) is 3.06. The second kappa shape index (κ2) is 8.54. The molecule has 5 nitrogen and oxygen atoms in total. The van der Waals surface area contributed by atoms with E-state index >= 15 is 0 Å². The van der Waals surface area contributed by atoms with E-state index in [2.05, 4.69) is 22.3 Å². The van der Waals surface area contributed by atoms with E-state index in [9.17, 15) is 4.79 Å². The lowest BCUT2D eigenvalue weighted by Gasteiger charge is -2.29. The first kappa shape index (κ1) is 18.0. The molecule has 1 amide bonds. The SMILES string of the molecule is COc1ccc(CN2CCC(N)=C(C(=O)NCc3ccccc3)C2)cc1. The van der Waals surface area contributed by atoms with Crippen molar-refractivity contribution < 1.29 is 9.53 Å². The zero-order valence-corrected chi connectivity index (χ0v) is 15.1. The summed E-state index contributed by atoms with van der Waals surface area (Å²) in [5.74, 6) is 0.767. The lowest BCUT2D eigenvalue weighted by atomic mass is 10.0. The Balaban J connectivity index is 1.59. The molecule has 1 heterocycles. The molecule has 0 atom stereocenters. The van der Waals surface area contributed by atoms with Crippen LogP contribution in [-0.2, 0) is 17.9 Å². The number of amides is 1. The lowest BCUT2D eigenvalue weighted by Crippen LogP contribution is -2.39. The highest BCUT2D eigenvalue weighted by atomic mass is 16.5. The molecule has 1 aliphatic rings. The van der Waals surface area contributed by atoms with Crippen LogP contribution in [0.15, 0.2) is 65.9 Å². The minimum atomic E-state index is -0.0780. The van der Waals surface area contributed by atoms with Gasteiger partial charge in [-0.05, 0) is 23.3 Å². The van der Waals surface area contributed by atoms with E-state index in [0.29, 0.717) is 30.8 Å². The van der Waals surface area contributed by atoms with Gasteiger partial charge >= 0.3 is 0 Å². The predicted octanol–water partition coefficient (Wildman–Crippen LogP) is 2.43. The molecular weight excluding hydrogens is 326 g/mol. The number of rotatable bonds is 6. The van der Waals surface area contributed by atoms with Crippen molar-refractivity contribution in [1.29, 1.82) is 0 Å². The second-order valence-corrected chi connectivity index (χ2v) is 6.48. The highest BCUT2D eigenvalue weighted by Gasteiger charge is 2.22. The Hall–Kier alpha value is -2.79. The summed E-state index contributed by atoms with van der Waals surface area (Å²) in [4.78, 5) is 14.8. The number of methoxy groups -OCH3 is 1. The summed E-state index contributed by atoms with van der Waals surface area (Å²) in [6.45, 7) is 2.72. The van der Waals surface area contributed by atoms with Crippen LogP contribution in [0.5, 0.6) is 5.75 Å². The molecule has 0 aromatic heterocycles. The zero-order chi connectivity index (χ0) is 18.4. The summed E-state index contributed by atoms with van der Waals surface area (Å²) in [6, 6.07) is 17.9. The molecule has 1 aliphatic heterocycles. The Morgan fingerprint density at radius 2 is 1.85 bits per heavy atom. The third-order valence-electron chi connectivity index (χ3n) is 4.60. The number of ether oxygens (including phenoxy) is 1. The van der Waals surface area contributed by atoms with Gasteiger partial charge in [0.15, 0.2) is 0 Å². The molecule has 0 saturated heterocycles. The summed E-state index contributed by atoms with van der Waals surface area (Å²) in [5, 5.41) is 2.98. The standard InChI is InChI=1S/C21H25N3O2/c1-26-18-9-7-17(8-10-18)14-24-12-11-20(22)19(15-24)21(25)23-13-16-5-3-2-4-6-16/h2-10H,11-15,22H2,1H3,(H,23,25). The number of nitrogens with zero attached hydrogens (tertiary/aromatic N) is 1. The van der Waals surface area contributed by atoms with Crippen molar-refractivity contribution in [2.75, 3.05) is 20.2 Å². The summed E-state index contributed by atoms with van der Waals surface area (Å²) >= 11 is 0. The van der Waals surface area contributed by atoms with Crippen molar-refractivity contribution in [1.82, 2.24) is 10.2 Å². The first-order chi connectivity index (χ1) is 12.7. The van der Waals surface area contributed by atoms with Gasteiger partial charge in [-0.2, -0.15) is 0 Å². The third-order valence-corrected chi connectivity index (χ3v) is 4.60. The summed E-state index contributed by atoms with van der Waals surface area (Å²) in [6.07, 6.45) is 0.713. The van der Waals surface area contributed by atoms with Gasteiger partial charge in [0.25, 0.3) is 5.91 Å². The molecular formula is C21H25N3O2. The Bertz CT molecular complexity index is 770. The van der Waals surface area contributed by atoms with Crippen LogP contribution >= 0.6 is 0 Å². The van der Waals surface area contributed by atoms with Gasteiger partial charge in [0.05, 0.1) is 7.11 Å². The smallest absolute Gasteiger partial charge is 0.250 e. The predicted molar refractivity (Wildman–Crippen MR) is 102 cm³/mol. The molecule has 0 saturated carbocycles. The van der Waals surface area contributed by atoms with Gasteiger partial charge in [-0.25, -0.2) is 0 Å². The minimum Gasteiger partial charge on any atom is -0.497 e. The van der Waals surface area contributed by atoms with Crippen LogP contribution in [0, 0.1) is 0 Å². The normalized spacial score (nSPS) is 15.0. The van der Waals surface area contributed by atoms with Crippen LogP contribution in [-0.4, -0.2) is 31.0 Å². The largest absolute Gasteiger partial charge is 0.497 e. The van der Waals surface area contributed by atoms with Crippen molar-refractivity contribution in [3.8, 4) is 5.75 Å².